The summed E-state index contributed by atoms with van der Waals surface area (Å²) in [7, 11) is 0. The van der Waals surface area contributed by atoms with Crippen molar-refractivity contribution < 1.29 is 19.1 Å². The van der Waals surface area contributed by atoms with Gasteiger partial charge in [-0.15, -0.1) is 0 Å². The smallest absolute Gasteiger partial charge is 0.260 e. The van der Waals surface area contributed by atoms with Crippen LogP contribution in [0.25, 0.3) is 10.8 Å². The summed E-state index contributed by atoms with van der Waals surface area (Å²) < 4.78 is 11.2. The topological polar surface area (TPSA) is 59.1 Å². The number of anilines is 1. The molecule has 0 spiro atoms. The standard InChI is InChI=1S/C26H24N2O4/c29-25(19-7-8-22-23(15-19)32-14-13-31-22)18-9-11-27(12-10-18)16-28-21-6-2-4-17-3-1-5-20(24(17)21)26(28)30/h1-8,15,18H,9-14,16H2. The zero-order chi connectivity index (χ0) is 21.7. The number of benzene rings is 3. The van der Waals surface area contributed by atoms with Crippen LogP contribution < -0.4 is 14.4 Å². The lowest BCUT2D eigenvalue weighted by Crippen LogP contribution is -2.44. The fourth-order valence-electron chi connectivity index (χ4n) is 5.09. The highest BCUT2D eigenvalue weighted by Crippen LogP contribution is 2.38. The average Bonchev–Trinajstić information content (AvgIpc) is 3.12. The Balaban J connectivity index is 1.13. The minimum atomic E-state index is -0.0104. The number of nitrogens with zero attached hydrogens (tertiary/aromatic N) is 2. The van der Waals surface area contributed by atoms with Gasteiger partial charge in [0.15, 0.2) is 17.3 Å². The summed E-state index contributed by atoms with van der Waals surface area (Å²) in [5.74, 6) is 1.57. The van der Waals surface area contributed by atoms with Crippen molar-refractivity contribution in [2.24, 2.45) is 5.92 Å². The number of amides is 1. The molecule has 1 fully saturated rings. The number of piperidine rings is 1. The molecule has 6 rings (SSSR count). The molecule has 3 aromatic rings. The molecular formula is C26H24N2O4. The minimum absolute atomic E-state index is 0.0104. The molecule has 0 N–H and O–H groups in total. The van der Waals surface area contributed by atoms with Crippen LogP contribution in [0, 0.1) is 5.92 Å². The summed E-state index contributed by atoms with van der Waals surface area (Å²) in [6, 6.07) is 17.5. The lowest BCUT2D eigenvalue weighted by molar-refractivity contribution is 0.0824. The predicted molar refractivity (Wildman–Crippen MR) is 122 cm³/mol. The highest BCUT2D eigenvalue weighted by molar-refractivity contribution is 6.24. The van der Waals surface area contributed by atoms with Crippen LogP contribution in [-0.2, 0) is 0 Å². The number of carbonyl (C=O) groups excluding carboxylic acids is 2. The molecular weight excluding hydrogens is 404 g/mol. The average molecular weight is 428 g/mol. The summed E-state index contributed by atoms with van der Waals surface area (Å²) >= 11 is 0. The molecule has 3 aliphatic heterocycles. The van der Waals surface area contributed by atoms with Gasteiger partial charge in [-0.25, -0.2) is 0 Å². The van der Waals surface area contributed by atoms with Gasteiger partial charge in [-0.05, 0) is 48.6 Å². The SMILES string of the molecule is O=C(c1ccc2c(c1)OCCO2)C1CCN(CN2C(=O)c3cccc4cccc2c34)CC1. The molecule has 32 heavy (non-hydrogen) atoms. The van der Waals surface area contributed by atoms with Gasteiger partial charge in [0.05, 0.1) is 12.4 Å². The first-order valence-corrected chi connectivity index (χ1v) is 11.2. The highest BCUT2D eigenvalue weighted by Gasteiger charge is 2.33. The van der Waals surface area contributed by atoms with Gasteiger partial charge in [0.2, 0.25) is 0 Å². The lowest BCUT2D eigenvalue weighted by atomic mass is 9.89. The van der Waals surface area contributed by atoms with Gasteiger partial charge in [-0.3, -0.25) is 19.4 Å². The second kappa shape index (κ2) is 7.64. The van der Waals surface area contributed by atoms with Gasteiger partial charge >= 0.3 is 0 Å². The molecule has 0 atom stereocenters. The third-order valence-corrected chi connectivity index (χ3v) is 6.78. The molecule has 0 unspecified atom stereocenters. The Hall–Kier alpha value is -3.38. The van der Waals surface area contributed by atoms with Gasteiger partial charge in [0.25, 0.3) is 5.91 Å². The summed E-state index contributed by atoms with van der Waals surface area (Å²) in [5, 5.41) is 2.14. The number of carbonyl (C=O) groups is 2. The summed E-state index contributed by atoms with van der Waals surface area (Å²) in [4.78, 5) is 30.3. The van der Waals surface area contributed by atoms with E-state index in [2.05, 4.69) is 4.90 Å². The van der Waals surface area contributed by atoms with Crippen LogP contribution >= 0.6 is 0 Å². The zero-order valence-corrected chi connectivity index (χ0v) is 17.8. The van der Waals surface area contributed by atoms with E-state index in [1.54, 1.807) is 0 Å². The number of hydrogen-bond acceptors (Lipinski definition) is 5. The quantitative estimate of drug-likeness (QED) is 0.585. The van der Waals surface area contributed by atoms with E-state index in [1.807, 2.05) is 59.5 Å². The number of ketones is 1. The number of Topliss-reactive ketones (excluding diaryl/α,β-unsaturated/α-hetero) is 1. The molecule has 1 saturated heterocycles. The summed E-state index contributed by atoms with van der Waals surface area (Å²) in [6.07, 6.45) is 1.57. The van der Waals surface area contributed by atoms with Crippen LogP contribution in [0.5, 0.6) is 11.5 Å². The molecule has 0 saturated carbocycles. The van der Waals surface area contributed by atoms with Crippen LogP contribution in [0.3, 0.4) is 0 Å². The van der Waals surface area contributed by atoms with Crippen LogP contribution in [-0.4, -0.2) is 49.6 Å². The first kappa shape index (κ1) is 19.3. The van der Waals surface area contributed by atoms with Crippen molar-refractivity contribution in [2.75, 3.05) is 37.9 Å². The van der Waals surface area contributed by atoms with Gasteiger partial charge in [0, 0.05) is 35.5 Å². The molecule has 0 bridgehead atoms. The first-order chi connectivity index (χ1) is 15.7. The largest absolute Gasteiger partial charge is 0.486 e. The van der Waals surface area contributed by atoms with Crippen molar-refractivity contribution in [3.63, 3.8) is 0 Å². The second-order valence-corrected chi connectivity index (χ2v) is 8.67. The molecule has 1 amide bonds. The van der Waals surface area contributed by atoms with Crippen molar-refractivity contribution in [3.05, 3.63) is 65.7 Å². The molecule has 6 nitrogen and oxygen atoms in total. The summed E-state index contributed by atoms with van der Waals surface area (Å²) in [6.45, 7) is 3.18. The maximum Gasteiger partial charge on any atom is 0.260 e. The van der Waals surface area contributed by atoms with Gasteiger partial charge in [-0.2, -0.15) is 0 Å². The second-order valence-electron chi connectivity index (χ2n) is 8.67. The van der Waals surface area contributed by atoms with E-state index in [0.717, 1.165) is 48.0 Å². The monoisotopic (exact) mass is 428 g/mol. The minimum Gasteiger partial charge on any atom is -0.486 e. The molecule has 3 aromatic carbocycles. The van der Waals surface area contributed by atoms with E-state index in [-0.39, 0.29) is 17.6 Å². The number of likely N-dealkylation sites (tertiary alicyclic amines) is 1. The van der Waals surface area contributed by atoms with Crippen LogP contribution in [0.15, 0.2) is 54.6 Å². The third-order valence-electron chi connectivity index (χ3n) is 6.78. The van der Waals surface area contributed by atoms with Crippen LogP contribution in [0.4, 0.5) is 5.69 Å². The van der Waals surface area contributed by atoms with Crippen LogP contribution in [0.1, 0.15) is 33.6 Å². The van der Waals surface area contributed by atoms with E-state index in [1.165, 1.54) is 0 Å². The number of rotatable bonds is 4. The van der Waals surface area contributed by atoms with Gasteiger partial charge in [0.1, 0.15) is 13.2 Å². The Morgan fingerprint density at radius 1 is 0.938 bits per heavy atom. The molecule has 6 heteroatoms. The van der Waals surface area contributed by atoms with E-state index < -0.39 is 0 Å². The number of fused-ring (bicyclic) bond motifs is 1. The molecule has 162 valence electrons. The number of ether oxygens (including phenoxy) is 2. The summed E-state index contributed by atoms with van der Waals surface area (Å²) in [5.41, 5.74) is 2.45. The normalized spacial score (nSPS) is 18.4. The van der Waals surface area contributed by atoms with Crippen molar-refractivity contribution in [3.8, 4) is 11.5 Å². The lowest BCUT2D eigenvalue weighted by Gasteiger charge is -2.34. The van der Waals surface area contributed by atoms with E-state index in [0.29, 0.717) is 36.9 Å². The zero-order valence-electron chi connectivity index (χ0n) is 17.8. The Morgan fingerprint density at radius 2 is 1.69 bits per heavy atom. The van der Waals surface area contributed by atoms with Crippen molar-refractivity contribution in [2.45, 2.75) is 12.8 Å². The molecule has 3 aliphatic rings. The van der Waals surface area contributed by atoms with Crippen molar-refractivity contribution >= 4 is 28.2 Å². The van der Waals surface area contributed by atoms with Crippen LogP contribution in [0.2, 0.25) is 0 Å². The maximum atomic E-state index is 13.1. The van der Waals surface area contributed by atoms with Crippen molar-refractivity contribution in [1.29, 1.82) is 0 Å². The maximum absolute atomic E-state index is 13.1. The highest BCUT2D eigenvalue weighted by atomic mass is 16.6. The fourth-order valence-corrected chi connectivity index (χ4v) is 5.09. The van der Waals surface area contributed by atoms with E-state index >= 15 is 0 Å². The Bertz CT molecular complexity index is 1220. The Labute approximate surface area is 186 Å². The molecule has 0 radical (unpaired) electrons. The van der Waals surface area contributed by atoms with E-state index in [4.69, 9.17) is 9.47 Å². The molecule has 0 aliphatic carbocycles. The predicted octanol–water partition coefficient (Wildman–Crippen LogP) is 4.12. The third kappa shape index (κ3) is 3.14. The van der Waals surface area contributed by atoms with E-state index in [9.17, 15) is 9.59 Å². The number of hydrogen-bond donors (Lipinski definition) is 0. The molecule has 0 aromatic heterocycles. The Kier molecular flexibility index (Phi) is 4.61. The van der Waals surface area contributed by atoms with Crippen molar-refractivity contribution in [1.82, 2.24) is 4.90 Å². The van der Waals surface area contributed by atoms with Gasteiger partial charge in [-0.1, -0.05) is 24.3 Å². The Morgan fingerprint density at radius 3 is 2.50 bits per heavy atom. The first-order valence-electron chi connectivity index (χ1n) is 11.2. The fraction of sp³-hybridized carbons (Fsp3) is 0.308. The van der Waals surface area contributed by atoms with Gasteiger partial charge < -0.3 is 9.47 Å². The molecule has 3 heterocycles.